The lowest BCUT2D eigenvalue weighted by atomic mass is 10.2. The number of anilines is 1. The van der Waals surface area contributed by atoms with Gasteiger partial charge in [0.2, 0.25) is 5.91 Å². The fraction of sp³-hybridized carbons (Fsp3) is 0.429. The highest BCUT2D eigenvalue weighted by Crippen LogP contribution is 2.17. The summed E-state index contributed by atoms with van der Waals surface area (Å²) in [5.41, 5.74) is 6.56. The molecule has 0 aromatic carbocycles. The van der Waals surface area contributed by atoms with Gasteiger partial charge in [-0.25, -0.2) is 4.68 Å². The van der Waals surface area contributed by atoms with Crippen LogP contribution in [0.4, 0.5) is 5.82 Å². The molecule has 1 atom stereocenters. The van der Waals surface area contributed by atoms with E-state index in [1.54, 1.807) is 12.3 Å². The predicted molar refractivity (Wildman–Crippen MR) is 79.5 cm³/mol. The Kier molecular flexibility index (Phi) is 4.64. The Bertz CT molecular complexity index is 589. The highest BCUT2D eigenvalue weighted by atomic mass is 16.3. The first-order chi connectivity index (χ1) is 9.97. The van der Waals surface area contributed by atoms with Crippen LogP contribution in [-0.4, -0.2) is 41.2 Å². The van der Waals surface area contributed by atoms with Crippen molar-refractivity contribution in [3.05, 3.63) is 35.9 Å². The standard InChI is InChI=1S/C14H21N5O2/c1-10-7-13(15)19(17-10)9-14(20)16-8-11(18(2)3)12-5-4-6-21-12/h4-7,11H,8-9,15H2,1-3H3,(H,16,20). The van der Waals surface area contributed by atoms with Crippen molar-refractivity contribution in [2.75, 3.05) is 26.4 Å². The third-order valence-electron chi connectivity index (χ3n) is 3.21. The summed E-state index contributed by atoms with van der Waals surface area (Å²) in [7, 11) is 3.88. The molecule has 1 unspecified atom stereocenters. The van der Waals surface area contributed by atoms with Gasteiger partial charge in [0.1, 0.15) is 18.1 Å². The Hall–Kier alpha value is -2.28. The van der Waals surface area contributed by atoms with Gasteiger partial charge in [0.25, 0.3) is 0 Å². The van der Waals surface area contributed by atoms with Crippen molar-refractivity contribution in [2.45, 2.75) is 19.5 Å². The van der Waals surface area contributed by atoms with Crippen LogP contribution in [0.3, 0.4) is 0 Å². The second-order valence-corrected chi connectivity index (χ2v) is 5.17. The molecule has 3 N–H and O–H groups in total. The van der Waals surface area contributed by atoms with Gasteiger partial charge in [-0.15, -0.1) is 0 Å². The van der Waals surface area contributed by atoms with Crippen LogP contribution < -0.4 is 11.1 Å². The third-order valence-corrected chi connectivity index (χ3v) is 3.21. The Morgan fingerprint density at radius 3 is 2.86 bits per heavy atom. The number of furan rings is 1. The van der Waals surface area contributed by atoms with Crippen LogP contribution in [0.5, 0.6) is 0 Å². The van der Waals surface area contributed by atoms with E-state index in [9.17, 15) is 4.79 Å². The molecule has 2 rings (SSSR count). The number of nitrogen functional groups attached to an aromatic ring is 1. The van der Waals surface area contributed by atoms with E-state index in [4.69, 9.17) is 10.2 Å². The number of hydrogen-bond donors (Lipinski definition) is 2. The van der Waals surface area contributed by atoms with Gasteiger partial charge in [0.15, 0.2) is 0 Å². The summed E-state index contributed by atoms with van der Waals surface area (Å²) in [6.45, 7) is 2.40. The molecule has 7 nitrogen and oxygen atoms in total. The average Bonchev–Trinajstić information content (AvgIpc) is 3.00. The second-order valence-electron chi connectivity index (χ2n) is 5.17. The molecule has 0 aliphatic carbocycles. The molecule has 21 heavy (non-hydrogen) atoms. The monoisotopic (exact) mass is 291 g/mol. The molecule has 0 saturated carbocycles. The van der Waals surface area contributed by atoms with Crippen molar-refractivity contribution in [2.24, 2.45) is 0 Å². The second kappa shape index (κ2) is 6.45. The predicted octanol–water partition coefficient (Wildman–Crippen LogP) is 0.786. The SMILES string of the molecule is Cc1cc(N)n(CC(=O)NCC(c2ccco2)N(C)C)n1. The van der Waals surface area contributed by atoms with E-state index in [0.29, 0.717) is 12.4 Å². The lowest BCUT2D eigenvalue weighted by Gasteiger charge is -2.22. The molecule has 0 saturated heterocycles. The summed E-state index contributed by atoms with van der Waals surface area (Å²) in [5, 5.41) is 7.04. The van der Waals surface area contributed by atoms with Crippen molar-refractivity contribution in [3.63, 3.8) is 0 Å². The van der Waals surface area contributed by atoms with Crippen LogP contribution in [0.2, 0.25) is 0 Å². The van der Waals surface area contributed by atoms with E-state index in [1.807, 2.05) is 38.1 Å². The molecule has 0 spiro atoms. The molecule has 2 aromatic rings. The first-order valence-corrected chi connectivity index (χ1v) is 6.74. The van der Waals surface area contributed by atoms with E-state index in [0.717, 1.165) is 11.5 Å². The zero-order valence-corrected chi connectivity index (χ0v) is 12.5. The highest BCUT2D eigenvalue weighted by Gasteiger charge is 2.18. The molecular weight excluding hydrogens is 270 g/mol. The number of nitrogens with one attached hydrogen (secondary N) is 1. The van der Waals surface area contributed by atoms with Crippen LogP contribution in [0, 0.1) is 6.92 Å². The fourth-order valence-corrected chi connectivity index (χ4v) is 2.11. The van der Waals surface area contributed by atoms with E-state index in [1.165, 1.54) is 4.68 Å². The summed E-state index contributed by atoms with van der Waals surface area (Å²) in [6, 6.07) is 5.45. The number of rotatable bonds is 6. The maximum Gasteiger partial charge on any atom is 0.241 e. The lowest BCUT2D eigenvalue weighted by Crippen LogP contribution is -2.36. The first kappa shape index (κ1) is 15.1. The maximum absolute atomic E-state index is 12.0. The van der Waals surface area contributed by atoms with Crippen molar-refractivity contribution >= 4 is 11.7 Å². The van der Waals surface area contributed by atoms with Gasteiger partial charge < -0.3 is 15.5 Å². The Labute approximate surface area is 123 Å². The molecule has 0 fully saturated rings. The van der Waals surface area contributed by atoms with Gasteiger partial charge in [-0.2, -0.15) is 5.10 Å². The lowest BCUT2D eigenvalue weighted by molar-refractivity contribution is -0.122. The number of aromatic nitrogens is 2. The van der Waals surface area contributed by atoms with E-state index in [2.05, 4.69) is 10.4 Å². The number of likely N-dealkylation sites (N-methyl/N-ethyl adjacent to an activating group) is 1. The van der Waals surface area contributed by atoms with Crippen LogP contribution in [0.25, 0.3) is 0 Å². The number of carbonyl (C=O) groups excluding carboxylic acids is 1. The summed E-state index contributed by atoms with van der Waals surface area (Å²) in [4.78, 5) is 14.0. The van der Waals surface area contributed by atoms with Gasteiger partial charge >= 0.3 is 0 Å². The van der Waals surface area contributed by atoms with Crippen LogP contribution in [0.15, 0.2) is 28.9 Å². The molecule has 114 valence electrons. The van der Waals surface area contributed by atoms with E-state index >= 15 is 0 Å². The third kappa shape index (κ3) is 3.85. The molecule has 1 amide bonds. The number of nitrogens with zero attached hydrogens (tertiary/aromatic N) is 3. The Balaban J connectivity index is 1.92. The van der Waals surface area contributed by atoms with E-state index in [-0.39, 0.29) is 18.5 Å². The van der Waals surface area contributed by atoms with Crippen molar-refractivity contribution in [3.8, 4) is 0 Å². The summed E-state index contributed by atoms with van der Waals surface area (Å²) in [6.07, 6.45) is 1.63. The number of nitrogens with two attached hydrogens (primary N) is 1. The topological polar surface area (TPSA) is 89.3 Å². The average molecular weight is 291 g/mol. The Morgan fingerprint density at radius 2 is 2.33 bits per heavy atom. The number of aryl methyl sites for hydroxylation is 1. The molecule has 2 aromatic heterocycles. The molecule has 0 aliphatic rings. The Morgan fingerprint density at radius 1 is 1.57 bits per heavy atom. The number of amides is 1. The van der Waals surface area contributed by atoms with Crippen molar-refractivity contribution < 1.29 is 9.21 Å². The highest BCUT2D eigenvalue weighted by molar-refractivity contribution is 5.76. The number of hydrogen-bond acceptors (Lipinski definition) is 5. The summed E-state index contributed by atoms with van der Waals surface area (Å²) >= 11 is 0. The molecule has 0 bridgehead atoms. The zero-order chi connectivity index (χ0) is 15.4. The number of carbonyl (C=O) groups is 1. The largest absolute Gasteiger partial charge is 0.468 e. The summed E-state index contributed by atoms with van der Waals surface area (Å²) < 4.78 is 6.89. The molecule has 2 heterocycles. The maximum atomic E-state index is 12.0. The van der Waals surface area contributed by atoms with Crippen LogP contribution in [-0.2, 0) is 11.3 Å². The normalized spacial score (nSPS) is 12.6. The van der Waals surface area contributed by atoms with Crippen LogP contribution >= 0.6 is 0 Å². The molecule has 0 radical (unpaired) electrons. The smallest absolute Gasteiger partial charge is 0.241 e. The fourth-order valence-electron chi connectivity index (χ4n) is 2.11. The zero-order valence-electron chi connectivity index (χ0n) is 12.5. The molecular formula is C14H21N5O2. The van der Waals surface area contributed by atoms with Gasteiger partial charge in [-0.05, 0) is 33.2 Å². The van der Waals surface area contributed by atoms with Gasteiger partial charge in [0.05, 0.1) is 18.0 Å². The minimum absolute atomic E-state index is 0.0133. The van der Waals surface area contributed by atoms with Crippen LogP contribution in [0.1, 0.15) is 17.5 Å². The van der Waals surface area contributed by atoms with Gasteiger partial charge in [-0.3, -0.25) is 9.69 Å². The van der Waals surface area contributed by atoms with Crippen molar-refractivity contribution in [1.82, 2.24) is 20.0 Å². The van der Waals surface area contributed by atoms with E-state index < -0.39 is 0 Å². The summed E-state index contributed by atoms with van der Waals surface area (Å²) in [5.74, 6) is 1.16. The minimum Gasteiger partial charge on any atom is -0.468 e. The van der Waals surface area contributed by atoms with Gasteiger partial charge in [-0.1, -0.05) is 0 Å². The quantitative estimate of drug-likeness (QED) is 0.821. The molecule has 0 aliphatic heterocycles. The minimum atomic E-state index is -0.136. The first-order valence-electron chi connectivity index (χ1n) is 6.74. The van der Waals surface area contributed by atoms with Gasteiger partial charge in [0, 0.05) is 12.6 Å². The molecule has 7 heteroatoms. The van der Waals surface area contributed by atoms with Crippen molar-refractivity contribution in [1.29, 1.82) is 0 Å².